The van der Waals surface area contributed by atoms with Crippen molar-refractivity contribution in [3.63, 3.8) is 0 Å². The van der Waals surface area contributed by atoms with Gasteiger partial charge in [-0.25, -0.2) is 4.79 Å². The molecule has 1 aliphatic rings. The Morgan fingerprint density at radius 2 is 2.30 bits per heavy atom. The maximum Gasteiger partial charge on any atom is 0.374 e. The molecular weight excluding hydrogens is 284 g/mol. The van der Waals surface area contributed by atoms with Crippen LogP contribution >= 0.6 is 11.6 Å². The van der Waals surface area contributed by atoms with E-state index in [1.54, 1.807) is 24.3 Å². The van der Waals surface area contributed by atoms with Crippen LogP contribution in [0.25, 0.3) is 0 Å². The lowest BCUT2D eigenvalue weighted by Crippen LogP contribution is -2.14. The average Bonchev–Trinajstić information content (AvgIpc) is 2.98. The molecule has 0 bridgehead atoms. The molecule has 0 atom stereocenters. The quantitative estimate of drug-likeness (QED) is 0.814. The van der Waals surface area contributed by atoms with Gasteiger partial charge < -0.3 is 18.6 Å². The summed E-state index contributed by atoms with van der Waals surface area (Å²) in [5.74, 6) is 0.286. The van der Waals surface area contributed by atoms with E-state index in [1.807, 2.05) is 0 Å². The molecule has 2 heterocycles. The number of hydrogen-bond donors (Lipinski definition) is 0. The van der Waals surface area contributed by atoms with Crippen molar-refractivity contribution >= 4 is 17.6 Å². The molecule has 0 aliphatic carbocycles. The predicted octanol–water partition coefficient (Wildman–Crippen LogP) is 3.16. The predicted molar refractivity (Wildman–Crippen MR) is 69.6 cm³/mol. The molecule has 1 aliphatic heterocycles. The summed E-state index contributed by atoms with van der Waals surface area (Å²) in [6.45, 7) is 0.658. The first-order valence-corrected chi connectivity index (χ1v) is 6.34. The summed E-state index contributed by atoms with van der Waals surface area (Å²) < 4.78 is 20.8. The van der Waals surface area contributed by atoms with E-state index < -0.39 is 5.97 Å². The van der Waals surface area contributed by atoms with Gasteiger partial charge in [0.15, 0.2) is 6.79 Å². The maximum absolute atomic E-state index is 11.7. The SMILES string of the molecule is O=C(OCc1cc(Cl)cc2c1OCOC2)c1ccco1. The number of carbonyl (C=O) groups excluding carboxylic acids is 1. The largest absolute Gasteiger partial charge is 0.467 e. The van der Waals surface area contributed by atoms with E-state index in [9.17, 15) is 4.79 Å². The lowest BCUT2D eigenvalue weighted by molar-refractivity contribution is -0.0180. The zero-order chi connectivity index (χ0) is 13.9. The minimum atomic E-state index is -0.532. The van der Waals surface area contributed by atoms with Gasteiger partial charge in [-0.2, -0.15) is 0 Å². The molecule has 0 saturated carbocycles. The van der Waals surface area contributed by atoms with Crippen LogP contribution in [0, 0.1) is 0 Å². The third kappa shape index (κ3) is 2.64. The van der Waals surface area contributed by atoms with Crippen LogP contribution in [0.5, 0.6) is 5.75 Å². The van der Waals surface area contributed by atoms with Crippen molar-refractivity contribution in [1.29, 1.82) is 0 Å². The van der Waals surface area contributed by atoms with Gasteiger partial charge in [0.2, 0.25) is 5.76 Å². The molecule has 20 heavy (non-hydrogen) atoms. The molecule has 0 radical (unpaired) electrons. The van der Waals surface area contributed by atoms with Gasteiger partial charge >= 0.3 is 5.97 Å². The van der Waals surface area contributed by atoms with Gasteiger partial charge in [0, 0.05) is 16.1 Å². The number of esters is 1. The second-order valence-electron chi connectivity index (χ2n) is 4.22. The minimum absolute atomic E-state index is 0.0580. The summed E-state index contributed by atoms with van der Waals surface area (Å²) in [5.41, 5.74) is 1.54. The van der Waals surface area contributed by atoms with Crippen LogP contribution in [-0.4, -0.2) is 12.8 Å². The number of rotatable bonds is 3. The zero-order valence-corrected chi connectivity index (χ0v) is 11.2. The summed E-state index contributed by atoms with van der Waals surface area (Å²) in [7, 11) is 0. The Balaban J connectivity index is 1.77. The molecule has 0 saturated heterocycles. The lowest BCUT2D eigenvalue weighted by Gasteiger charge is -2.20. The summed E-state index contributed by atoms with van der Waals surface area (Å²) in [6, 6.07) is 6.65. The van der Waals surface area contributed by atoms with E-state index in [0.29, 0.717) is 22.9 Å². The maximum atomic E-state index is 11.7. The van der Waals surface area contributed by atoms with Crippen molar-refractivity contribution in [2.24, 2.45) is 0 Å². The molecule has 1 aromatic heterocycles. The Labute approximate surface area is 120 Å². The second kappa shape index (κ2) is 5.56. The number of hydrogen-bond acceptors (Lipinski definition) is 5. The van der Waals surface area contributed by atoms with Crippen molar-refractivity contribution in [3.05, 3.63) is 52.4 Å². The van der Waals surface area contributed by atoms with Crippen molar-refractivity contribution in [2.45, 2.75) is 13.2 Å². The second-order valence-corrected chi connectivity index (χ2v) is 4.65. The first-order chi connectivity index (χ1) is 9.74. The average molecular weight is 295 g/mol. The van der Waals surface area contributed by atoms with Gasteiger partial charge in [0.25, 0.3) is 0 Å². The summed E-state index contributed by atoms with van der Waals surface area (Å²) in [5, 5.41) is 0.543. The van der Waals surface area contributed by atoms with Crippen molar-refractivity contribution in [3.8, 4) is 5.75 Å². The topological polar surface area (TPSA) is 57.9 Å². The third-order valence-electron chi connectivity index (χ3n) is 2.83. The van der Waals surface area contributed by atoms with Crippen LogP contribution in [0.15, 0.2) is 34.9 Å². The Kier molecular flexibility index (Phi) is 3.62. The molecule has 0 spiro atoms. The number of furan rings is 1. The number of fused-ring (bicyclic) bond motifs is 1. The van der Waals surface area contributed by atoms with E-state index in [4.69, 9.17) is 30.2 Å². The highest BCUT2D eigenvalue weighted by molar-refractivity contribution is 6.30. The molecular formula is C14H11ClO5. The number of halogens is 1. The standard InChI is InChI=1S/C14H11ClO5/c15-11-4-9-6-17-8-20-13(9)10(5-11)7-19-14(16)12-2-1-3-18-12/h1-5H,6-8H2. The molecule has 0 amide bonds. The van der Waals surface area contributed by atoms with Crippen LogP contribution in [0.2, 0.25) is 5.02 Å². The fourth-order valence-electron chi connectivity index (χ4n) is 1.97. The van der Waals surface area contributed by atoms with Crippen LogP contribution < -0.4 is 4.74 Å². The molecule has 104 valence electrons. The Morgan fingerprint density at radius 1 is 1.40 bits per heavy atom. The van der Waals surface area contributed by atoms with Gasteiger partial charge in [-0.05, 0) is 24.3 Å². The van der Waals surface area contributed by atoms with Crippen molar-refractivity contribution < 1.29 is 23.4 Å². The number of ether oxygens (including phenoxy) is 3. The molecule has 2 aromatic rings. The van der Waals surface area contributed by atoms with Crippen LogP contribution in [-0.2, 0) is 22.7 Å². The fraction of sp³-hybridized carbons (Fsp3) is 0.214. The van der Waals surface area contributed by atoms with E-state index in [1.165, 1.54) is 6.26 Å². The Morgan fingerprint density at radius 3 is 3.10 bits per heavy atom. The van der Waals surface area contributed by atoms with Gasteiger partial charge in [-0.3, -0.25) is 0 Å². The van der Waals surface area contributed by atoms with Crippen molar-refractivity contribution in [1.82, 2.24) is 0 Å². The number of carbonyl (C=O) groups is 1. The monoisotopic (exact) mass is 294 g/mol. The van der Waals surface area contributed by atoms with Crippen LogP contribution in [0.4, 0.5) is 0 Å². The molecule has 6 heteroatoms. The van der Waals surface area contributed by atoms with Crippen molar-refractivity contribution in [2.75, 3.05) is 6.79 Å². The highest BCUT2D eigenvalue weighted by Crippen LogP contribution is 2.32. The van der Waals surface area contributed by atoms with E-state index >= 15 is 0 Å². The van der Waals surface area contributed by atoms with Gasteiger partial charge in [-0.15, -0.1) is 0 Å². The summed E-state index contributed by atoms with van der Waals surface area (Å²) in [6.07, 6.45) is 1.41. The fourth-order valence-corrected chi connectivity index (χ4v) is 2.24. The Bertz CT molecular complexity index is 621. The number of benzene rings is 1. The normalized spacial score (nSPS) is 13.4. The molecule has 3 rings (SSSR count). The molecule has 0 N–H and O–H groups in total. The molecule has 0 fully saturated rings. The van der Waals surface area contributed by atoms with Gasteiger partial charge in [-0.1, -0.05) is 11.6 Å². The van der Waals surface area contributed by atoms with Gasteiger partial charge in [0.1, 0.15) is 12.4 Å². The van der Waals surface area contributed by atoms with Gasteiger partial charge in [0.05, 0.1) is 12.9 Å². The summed E-state index contributed by atoms with van der Waals surface area (Å²) in [4.78, 5) is 11.7. The first-order valence-electron chi connectivity index (χ1n) is 5.96. The smallest absolute Gasteiger partial charge is 0.374 e. The molecule has 0 unspecified atom stereocenters. The van der Waals surface area contributed by atoms with Crippen LogP contribution in [0.1, 0.15) is 21.7 Å². The van der Waals surface area contributed by atoms with Crippen LogP contribution in [0.3, 0.4) is 0 Å². The summed E-state index contributed by atoms with van der Waals surface area (Å²) >= 11 is 6.03. The minimum Gasteiger partial charge on any atom is -0.467 e. The molecule has 5 nitrogen and oxygen atoms in total. The molecule has 1 aromatic carbocycles. The first kappa shape index (κ1) is 13.0. The van der Waals surface area contributed by atoms with E-state index in [2.05, 4.69) is 0 Å². The highest BCUT2D eigenvalue weighted by Gasteiger charge is 2.18. The third-order valence-corrected chi connectivity index (χ3v) is 3.05. The highest BCUT2D eigenvalue weighted by atomic mass is 35.5. The van der Waals surface area contributed by atoms with E-state index in [-0.39, 0.29) is 19.2 Å². The Hall–Kier alpha value is -1.98. The lowest BCUT2D eigenvalue weighted by atomic mass is 10.1. The zero-order valence-electron chi connectivity index (χ0n) is 10.4. The van der Waals surface area contributed by atoms with E-state index in [0.717, 1.165) is 5.56 Å².